The van der Waals surface area contributed by atoms with Crippen LogP contribution >= 0.6 is 0 Å². The molecule has 1 saturated carbocycles. The molecule has 0 atom stereocenters. The zero-order chi connectivity index (χ0) is 16.8. The van der Waals surface area contributed by atoms with Gasteiger partial charge in [-0.15, -0.1) is 10.2 Å². The van der Waals surface area contributed by atoms with Crippen molar-refractivity contribution in [3.63, 3.8) is 0 Å². The van der Waals surface area contributed by atoms with E-state index in [1.54, 1.807) is 6.92 Å². The zero-order valence-corrected chi connectivity index (χ0v) is 12.5. The molecule has 9 heteroatoms. The molecule has 1 fully saturated rings. The smallest absolute Gasteiger partial charge is 0.294 e. The predicted octanol–water partition coefficient (Wildman–Crippen LogP) is 2.90. The number of halogens is 3. The van der Waals surface area contributed by atoms with Gasteiger partial charge in [0.1, 0.15) is 11.5 Å². The van der Waals surface area contributed by atoms with Crippen molar-refractivity contribution in [2.45, 2.75) is 38.9 Å². The van der Waals surface area contributed by atoms with Crippen LogP contribution in [-0.2, 0) is 6.18 Å². The summed E-state index contributed by atoms with van der Waals surface area (Å²) in [5.74, 6) is 0.428. The lowest BCUT2D eigenvalue weighted by Gasteiger charge is -2.11. The molecule has 23 heavy (non-hydrogen) atoms. The van der Waals surface area contributed by atoms with E-state index in [2.05, 4.69) is 20.5 Å². The summed E-state index contributed by atoms with van der Waals surface area (Å²) < 4.78 is 39.7. The van der Waals surface area contributed by atoms with Gasteiger partial charge in [-0.3, -0.25) is 14.7 Å². The van der Waals surface area contributed by atoms with E-state index in [1.807, 2.05) is 4.57 Å². The molecule has 1 aliphatic rings. The summed E-state index contributed by atoms with van der Waals surface area (Å²) >= 11 is 0. The first-order chi connectivity index (χ1) is 10.8. The Labute approximate surface area is 129 Å². The van der Waals surface area contributed by atoms with Crippen LogP contribution in [0, 0.1) is 13.8 Å². The van der Waals surface area contributed by atoms with Crippen LogP contribution in [0.15, 0.2) is 12.1 Å². The van der Waals surface area contributed by atoms with Gasteiger partial charge in [-0.1, -0.05) is 0 Å². The molecule has 122 valence electrons. The molecule has 1 amide bonds. The van der Waals surface area contributed by atoms with E-state index in [9.17, 15) is 18.0 Å². The number of hydrogen-bond acceptors (Lipinski definition) is 4. The second kappa shape index (κ2) is 5.32. The predicted molar refractivity (Wildman–Crippen MR) is 75.0 cm³/mol. The van der Waals surface area contributed by atoms with Crippen LogP contribution < -0.4 is 5.32 Å². The van der Waals surface area contributed by atoms with E-state index >= 15 is 0 Å². The highest BCUT2D eigenvalue weighted by Gasteiger charge is 2.33. The van der Waals surface area contributed by atoms with E-state index in [1.165, 1.54) is 6.92 Å². The molecule has 0 unspecified atom stereocenters. The normalized spacial score (nSPS) is 14.8. The Balaban J connectivity index is 1.84. The van der Waals surface area contributed by atoms with Gasteiger partial charge in [-0.05, 0) is 38.8 Å². The van der Waals surface area contributed by atoms with Gasteiger partial charge in [0.25, 0.3) is 5.91 Å². The van der Waals surface area contributed by atoms with Gasteiger partial charge in [0.05, 0.1) is 11.3 Å². The van der Waals surface area contributed by atoms with Crippen LogP contribution in [0.4, 0.5) is 19.1 Å². The fourth-order valence-corrected chi connectivity index (χ4v) is 2.35. The molecular formula is C14H14F3N5O. The number of pyridine rings is 1. The maximum absolute atomic E-state index is 12.6. The summed E-state index contributed by atoms with van der Waals surface area (Å²) in [6, 6.07) is 2.18. The van der Waals surface area contributed by atoms with Gasteiger partial charge < -0.3 is 0 Å². The number of anilines is 1. The van der Waals surface area contributed by atoms with Crippen LogP contribution in [0.3, 0.4) is 0 Å². The summed E-state index contributed by atoms with van der Waals surface area (Å²) in [6.07, 6.45) is -2.56. The van der Waals surface area contributed by atoms with E-state index in [4.69, 9.17) is 0 Å². The lowest BCUT2D eigenvalue weighted by Crippen LogP contribution is -2.19. The monoisotopic (exact) mass is 325 g/mol. The van der Waals surface area contributed by atoms with Crippen molar-refractivity contribution in [2.24, 2.45) is 0 Å². The number of hydrogen-bond donors (Lipinski definition) is 1. The first-order valence-electron chi connectivity index (χ1n) is 7.05. The largest absolute Gasteiger partial charge is 0.433 e. The summed E-state index contributed by atoms with van der Waals surface area (Å²) in [5, 5.41) is 10.4. The number of nitrogens with zero attached hydrogens (tertiary/aromatic N) is 4. The molecule has 1 aliphatic carbocycles. The van der Waals surface area contributed by atoms with Crippen LogP contribution in [0.2, 0.25) is 0 Å². The van der Waals surface area contributed by atoms with Crippen molar-refractivity contribution in [3.8, 4) is 0 Å². The van der Waals surface area contributed by atoms with Crippen LogP contribution in [-0.4, -0.2) is 25.7 Å². The fourth-order valence-electron chi connectivity index (χ4n) is 2.35. The van der Waals surface area contributed by atoms with Crippen molar-refractivity contribution in [3.05, 3.63) is 34.9 Å². The number of carbonyl (C=O) groups excluding carboxylic acids is 1. The quantitative estimate of drug-likeness (QED) is 0.942. The van der Waals surface area contributed by atoms with Crippen molar-refractivity contribution >= 4 is 11.9 Å². The summed E-state index contributed by atoms with van der Waals surface area (Å²) in [7, 11) is 0. The number of amides is 1. The topological polar surface area (TPSA) is 72.7 Å². The van der Waals surface area contributed by atoms with Gasteiger partial charge >= 0.3 is 6.18 Å². The van der Waals surface area contributed by atoms with E-state index < -0.39 is 17.8 Å². The summed E-state index contributed by atoms with van der Waals surface area (Å²) in [6.45, 7) is 3.15. The SMILES string of the molecule is Cc1nc(C(F)(F)F)ccc1C(=O)Nc1nnc(C)n1C1CC1. The third-order valence-electron chi connectivity index (χ3n) is 3.62. The Morgan fingerprint density at radius 3 is 2.52 bits per heavy atom. The number of nitrogens with one attached hydrogen (secondary N) is 1. The number of rotatable bonds is 3. The molecule has 0 spiro atoms. The fraction of sp³-hybridized carbons (Fsp3) is 0.429. The molecule has 6 nitrogen and oxygen atoms in total. The molecule has 0 radical (unpaired) electrons. The summed E-state index contributed by atoms with van der Waals surface area (Å²) in [4.78, 5) is 15.7. The minimum absolute atomic E-state index is 0.00605. The standard InChI is InChI=1S/C14H14F3N5O/c1-7-10(5-6-11(18-7)14(15,16)17)12(23)19-13-21-20-8(2)22(13)9-3-4-9/h5-6,9H,3-4H2,1-2H3,(H,19,21,23). The highest BCUT2D eigenvalue weighted by Crippen LogP contribution is 2.37. The van der Waals surface area contributed by atoms with Gasteiger partial charge in [0.2, 0.25) is 5.95 Å². The van der Waals surface area contributed by atoms with Gasteiger partial charge in [-0.25, -0.2) is 4.98 Å². The lowest BCUT2D eigenvalue weighted by molar-refractivity contribution is -0.141. The minimum atomic E-state index is -4.54. The number of aryl methyl sites for hydroxylation is 2. The van der Waals surface area contributed by atoms with Crippen LogP contribution in [0.1, 0.15) is 46.5 Å². The first kappa shape index (κ1) is 15.4. The van der Waals surface area contributed by atoms with Gasteiger partial charge in [0, 0.05) is 6.04 Å². The number of carbonyl (C=O) groups is 1. The first-order valence-corrected chi connectivity index (χ1v) is 7.05. The van der Waals surface area contributed by atoms with Crippen molar-refractivity contribution in [1.29, 1.82) is 0 Å². The second-order valence-electron chi connectivity index (χ2n) is 5.45. The van der Waals surface area contributed by atoms with Crippen LogP contribution in [0.5, 0.6) is 0 Å². The molecule has 0 bridgehead atoms. The Morgan fingerprint density at radius 2 is 1.96 bits per heavy atom. The molecule has 1 N–H and O–H groups in total. The third kappa shape index (κ3) is 3.03. The molecule has 2 aromatic heterocycles. The average molecular weight is 325 g/mol. The Kier molecular flexibility index (Phi) is 3.57. The average Bonchev–Trinajstić information content (AvgIpc) is 3.22. The van der Waals surface area contributed by atoms with Crippen molar-refractivity contribution in [1.82, 2.24) is 19.7 Å². The van der Waals surface area contributed by atoms with E-state index in [-0.39, 0.29) is 17.3 Å². The lowest BCUT2D eigenvalue weighted by atomic mass is 10.1. The zero-order valence-electron chi connectivity index (χ0n) is 12.5. The Bertz CT molecular complexity index is 764. The molecule has 2 heterocycles. The molecular weight excluding hydrogens is 311 g/mol. The van der Waals surface area contributed by atoms with Crippen molar-refractivity contribution in [2.75, 3.05) is 5.32 Å². The van der Waals surface area contributed by atoms with Crippen molar-refractivity contribution < 1.29 is 18.0 Å². The molecule has 0 aliphatic heterocycles. The maximum Gasteiger partial charge on any atom is 0.433 e. The number of alkyl halides is 3. The Morgan fingerprint density at radius 1 is 1.26 bits per heavy atom. The highest BCUT2D eigenvalue weighted by molar-refractivity contribution is 6.04. The molecule has 0 aromatic carbocycles. The van der Waals surface area contributed by atoms with E-state index in [0.29, 0.717) is 11.8 Å². The minimum Gasteiger partial charge on any atom is -0.294 e. The molecule has 3 rings (SSSR count). The second-order valence-corrected chi connectivity index (χ2v) is 5.45. The highest BCUT2D eigenvalue weighted by atomic mass is 19.4. The van der Waals surface area contributed by atoms with Crippen LogP contribution in [0.25, 0.3) is 0 Å². The molecule has 0 saturated heterocycles. The summed E-state index contributed by atoms with van der Waals surface area (Å²) in [5.41, 5.74) is -0.948. The Hall–Kier alpha value is -2.45. The maximum atomic E-state index is 12.6. The van der Waals surface area contributed by atoms with Gasteiger partial charge in [0.15, 0.2) is 0 Å². The third-order valence-corrected chi connectivity index (χ3v) is 3.62. The molecule has 2 aromatic rings. The van der Waals surface area contributed by atoms with Gasteiger partial charge in [-0.2, -0.15) is 13.2 Å². The number of aromatic nitrogens is 4. The van der Waals surface area contributed by atoms with E-state index in [0.717, 1.165) is 25.0 Å².